The molecule has 1 heterocycles. The van der Waals surface area contributed by atoms with Crippen LogP contribution in [-0.4, -0.2) is 16.1 Å². The van der Waals surface area contributed by atoms with E-state index in [1.54, 1.807) is 0 Å². The van der Waals surface area contributed by atoms with E-state index in [2.05, 4.69) is 16.9 Å². The number of aromatic nitrogens is 2. The Labute approximate surface area is 96.2 Å². The van der Waals surface area contributed by atoms with Crippen LogP contribution < -0.4 is 10.5 Å². The van der Waals surface area contributed by atoms with E-state index >= 15 is 0 Å². The third-order valence-electron chi connectivity index (χ3n) is 3.32. The van der Waals surface area contributed by atoms with Crippen molar-refractivity contribution in [2.24, 2.45) is 5.92 Å². The fourth-order valence-corrected chi connectivity index (χ4v) is 2.07. The molecule has 0 bridgehead atoms. The first-order valence-corrected chi connectivity index (χ1v) is 5.90. The van der Waals surface area contributed by atoms with Gasteiger partial charge in [0.15, 0.2) is 0 Å². The Kier molecular flexibility index (Phi) is 3.27. The number of ether oxygens (including phenoxy) is 1. The van der Waals surface area contributed by atoms with E-state index in [4.69, 9.17) is 10.5 Å². The molecule has 4 heteroatoms. The van der Waals surface area contributed by atoms with Gasteiger partial charge in [0.2, 0.25) is 5.88 Å². The van der Waals surface area contributed by atoms with E-state index in [-0.39, 0.29) is 0 Å². The molecule has 1 aromatic heterocycles. The Bertz CT molecular complexity index is 359. The lowest BCUT2D eigenvalue weighted by Gasteiger charge is -2.26. The summed E-state index contributed by atoms with van der Waals surface area (Å²) in [6.07, 6.45) is 6.47. The third kappa shape index (κ3) is 2.43. The minimum atomic E-state index is 0.296. The maximum atomic E-state index is 5.88. The maximum Gasteiger partial charge on any atom is 0.221 e. The fourth-order valence-electron chi connectivity index (χ4n) is 2.07. The summed E-state index contributed by atoms with van der Waals surface area (Å²) in [5.74, 6) is 1.98. The molecule has 0 aliphatic heterocycles. The monoisotopic (exact) mass is 221 g/mol. The van der Waals surface area contributed by atoms with Crippen molar-refractivity contribution >= 4 is 5.82 Å². The Morgan fingerprint density at radius 2 is 1.94 bits per heavy atom. The second kappa shape index (κ2) is 4.68. The average molecular weight is 221 g/mol. The highest BCUT2D eigenvalue weighted by atomic mass is 16.5. The lowest BCUT2D eigenvalue weighted by Crippen LogP contribution is -2.24. The van der Waals surface area contributed by atoms with Crippen molar-refractivity contribution < 1.29 is 4.74 Å². The Morgan fingerprint density at radius 1 is 1.25 bits per heavy atom. The van der Waals surface area contributed by atoms with Crippen LogP contribution in [0.4, 0.5) is 5.82 Å². The number of hydrogen-bond acceptors (Lipinski definition) is 4. The molecule has 0 saturated heterocycles. The molecule has 0 aromatic carbocycles. The summed E-state index contributed by atoms with van der Waals surface area (Å²) in [5.41, 5.74) is 6.56. The third-order valence-corrected chi connectivity index (χ3v) is 3.32. The summed E-state index contributed by atoms with van der Waals surface area (Å²) < 4.78 is 5.88. The van der Waals surface area contributed by atoms with Gasteiger partial charge < -0.3 is 10.5 Å². The smallest absolute Gasteiger partial charge is 0.221 e. The van der Waals surface area contributed by atoms with Crippen LogP contribution in [0.15, 0.2) is 6.33 Å². The molecule has 0 atom stereocenters. The van der Waals surface area contributed by atoms with Crippen LogP contribution in [0.2, 0.25) is 0 Å². The molecule has 0 unspecified atom stereocenters. The molecular formula is C12H19N3O. The SMILES string of the molecule is Cc1c(N)ncnc1OC1CCC(C)CC1. The van der Waals surface area contributed by atoms with Gasteiger partial charge >= 0.3 is 0 Å². The number of nitrogens with two attached hydrogens (primary N) is 1. The number of hydrogen-bond donors (Lipinski definition) is 1. The minimum Gasteiger partial charge on any atom is -0.474 e. The van der Waals surface area contributed by atoms with Gasteiger partial charge in [-0.3, -0.25) is 0 Å². The first-order valence-electron chi connectivity index (χ1n) is 5.90. The molecule has 16 heavy (non-hydrogen) atoms. The predicted octanol–water partition coefficient (Wildman–Crippen LogP) is 2.32. The zero-order chi connectivity index (χ0) is 11.5. The van der Waals surface area contributed by atoms with Crippen LogP contribution in [0.3, 0.4) is 0 Å². The van der Waals surface area contributed by atoms with Crippen molar-refractivity contribution in [3.63, 3.8) is 0 Å². The highest BCUT2D eigenvalue weighted by Crippen LogP contribution is 2.28. The standard InChI is InChI=1S/C12H19N3O/c1-8-3-5-10(6-4-8)16-12-9(2)11(13)14-7-15-12/h7-8,10H,3-6H2,1-2H3,(H2,13,14,15). The Hall–Kier alpha value is -1.32. The van der Waals surface area contributed by atoms with Crippen LogP contribution in [-0.2, 0) is 0 Å². The molecule has 1 saturated carbocycles. The van der Waals surface area contributed by atoms with Crippen LogP contribution in [0, 0.1) is 12.8 Å². The largest absolute Gasteiger partial charge is 0.474 e. The van der Waals surface area contributed by atoms with Gasteiger partial charge in [-0.25, -0.2) is 9.97 Å². The molecule has 4 nitrogen and oxygen atoms in total. The van der Waals surface area contributed by atoms with E-state index in [0.29, 0.717) is 17.8 Å². The molecule has 88 valence electrons. The number of anilines is 1. The van der Waals surface area contributed by atoms with Crippen molar-refractivity contribution in [1.29, 1.82) is 0 Å². The summed E-state index contributed by atoms with van der Waals surface area (Å²) in [7, 11) is 0. The van der Waals surface area contributed by atoms with Gasteiger partial charge in [-0.2, -0.15) is 0 Å². The number of nitrogen functional groups attached to an aromatic ring is 1. The molecule has 2 rings (SSSR count). The van der Waals surface area contributed by atoms with E-state index in [1.165, 1.54) is 19.2 Å². The molecule has 1 aliphatic rings. The van der Waals surface area contributed by atoms with Crippen molar-refractivity contribution in [1.82, 2.24) is 9.97 Å². The molecule has 2 N–H and O–H groups in total. The van der Waals surface area contributed by atoms with Gasteiger partial charge in [-0.05, 0) is 38.5 Å². The van der Waals surface area contributed by atoms with Gasteiger partial charge in [-0.1, -0.05) is 6.92 Å². The Balaban J connectivity index is 2.01. The molecule has 0 amide bonds. The normalized spacial score (nSPS) is 25.4. The lowest BCUT2D eigenvalue weighted by atomic mass is 9.89. The van der Waals surface area contributed by atoms with Gasteiger partial charge in [0.1, 0.15) is 18.2 Å². The number of rotatable bonds is 2. The minimum absolute atomic E-state index is 0.296. The first-order chi connectivity index (χ1) is 7.66. The van der Waals surface area contributed by atoms with E-state index < -0.39 is 0 Å². The van der Waals surface area contributed by atoms with E-state index in [0.717, 1.165) is 24.3 Å². The van der Waals surface area contributed by atoms with Crippen LogP contribution in [0.25, 0.3) is 0 Å². The van der Waals surface area contributed by atoms with Crippen LogP contribution in [0.1, 0.15) is 38.2 Å². The maximum absolute atomic E-state index is 5.88. The average Bonchev–Trinajstić information content (AvgIpc) is 2.28. The van der Waals surface area contributed by atoms with Crippen molar-refractivity contribution in [2.75, 3.05) is 5.73 Å². The summed E-state index contributed by atoms with van der Waals surface area (Å²) in [5, 5.41) is 0. The van der Waals surface area contributed by atoms with Crippen molar-refractivity contribution in [2.45, 2.75) is 45.6 Å². The number of nitrogens with zero attached hydrogens (tertiary/aromatic N) is 2. The highest BCUT2D eigenvalue weighted by Gasteiger charge is 2.20. The molecule has 0 radical (unpaired) electrons. The second-order valence-electron chi connectivity index (χ2n) is 4.69. The molecule has 0 spiro atoms. The Morgan fingerprint density at radius 3 is 2.62 bits per heavy atom. The summed E-state index contributed by atoms with van der Waals surface area (Å²) in [4.78, 5) is 8.07. The van der Waals surface area contributed by atoms with Crippen molar-refractivity contribution in [3.8, 4) is 5.88 Å². The highest BCUT2D eigenvalue weighted by molar-refractivity contribution is 5.43. The molecule has 1 aromatic rings. The summed E-state index contributed by atoms with van der Waals surface area (Å²) in [6.45, 7) is 4.19. The van der Waals surface area contributed by atoms with Crippen LogP contribution >= 0.6 is 0 Å². The fraction of sp³-hybridized carbons (Fsp3) is 0.667. The second-order valence-corrected chi connectivity index (χ2v) is 4.69. The molecule has 1 fully saturated rings. The summed E-state index contributed by atoms with van der Waals surface area (Å²) in [6, 6.07) is 0. The summed E-state index contributed by atoms with van der Waals surface area (Å²) >= 11 is 0. The lowest BCUT2D eigenvalue weighted by molar-refractivity contribution is 0.129. The zero-order valence-electron chi connectivity index (χ0n) is 9.94. The quantitative estimate of drug-likeness (QED) is 0.832. The topological polar surface area (TPSA) is 61.0 Å². The van der Waals surface area contributed by atoms with E-state index in [9.17, 15) is 0 Å². The molecule has 1 aliphatic carbocycles. The van der Waals surface area contributed by atoms with Crippen LogP contribution in [0.5, 0.6) is 5.88 Å². The zero-order valence-corrected chi connectivity index (χ0v) is 9.94. The van der Waals surface area contributed by atoms with E-state index in [1.807, 2.05) is 6.92 Å². The molecular weight excluding hydrogens is 202 g/mol. The van der Waals surface area contributed by atoms with Gasteiger partial charge in [-0.15, -0.1) is 0 Å². The van der Waals surface area contributed by atoms with Gasteiger partial charge in [0.25, 0.3) is 0 Å². The van der Waals surface area contributed by atoms with Gasteiger partial charge in [0, 0.05) is 0 Å². The predicted molar refractivity (Wildman–Crippen MR) is 63.2 cm³/mol. The van der Waals surface area contributed by atoms with Crippen molar-refractivity contribution in [3.05, 3.63) is 11.9 Å². The first kappa shape index (κ1) is 11.2. The van der Waals surface area contributed by atoms with Gasteiger partial charge in [0.05, 0.1) is 5.56 Å².